The zero-order chi connectivity index (χ0) is 13.8. The summed E-state index contributed by atoms with van der Waals surface area (Å²) in [7, 11) is -6.79. The monoisotopic (exact) mass is 299 g/mol. The lowest BCUT2D eigenvalue weighted by Gasteiger charge is -2.37. The summed E-state index contributed by atoms with van der Waals surface area (Å²) in [6.07, 6.45) is 3.26. The van der Waals surface area contributed by atoms with Crippen LogP contribution in [0.1, 0.15) is 33.1 Å². The summed E-state index contributed by atoms with van der Waals surface area (Å²) in [4.78, 5) is 0. The molecule has 0 saturated carbocycles. The van der Waals surface area contributed by atoms with Crippen molar-refractivity contribution in [3.05, 3.63) is 0 Å². The van der Waals surface area contributed by atoms with Gasteiger partial charge in [-0.2, -0.15) is 4.31 Å². The quantitative estimate of drug-likeness (QED) is 0.702. The van der Waals surface area contributed by atoms with Gasteiger partial charge in [0.2, 0.25) is 10.0 Å². The summed E-state index contributed by atoms with van der Waals surface area (Å²) in [5.41, 5.74) is 0. The molecule has 0 aliphatic carbocycles. The van der Waals surface area contributed by atoms with Crippen molar-refractivity contribution in [3.63, 3.8) is 0 Å². The van der Waals surface area contributed by atoms with Crippen molar-refractivity contribution in [1.82, 2.24) is 4.31 Å². The van der Waals surface area contributed by atoms with Crippen LogP contribution in [0.25, 0.3) is 0 Å². The van der Waals surface area contributed by atoms with Crippen molar-refractivity contribution in [2.45, 2.75) is 38.9 Å². The maximum atomic E-state index is 12.7. The third kappa shape index (κ3) is 3.78. The highest BCUT2D eigenvalue weighted by Gasteiger charge is 2.44. The molecule has 0 unspecified atom stereocenters. The van der Waals surface area contributed by atoms with Crippen molar-refractivity contribution >= 4 is 17.6 Å². The lowest BCUT2D eigenvalue weighted by Crippen LogP contribution is -2.43. The molecule has 6 nitrogen and oxygen atoms in total. The average molecular weight is 299 g/mol. The molecule has 0 bridgehead atoms. The Balaban J connectivity index is 3.03. The van der Waals surface area contributed by atoms with E-state index in [9.17, 15) is 13.0 Å². The summed E-state index contributed by atoms with van der Waals surface area (Å²) in [6, 6.07) is 0. The highest BCUT2D eigenvalue weighted by atomic mass is 32.2. The third-order valence-corrected chi connectivity index (χ3v) is 6.78. The van der Waals surface area contributed by atoms with Crippen LogP contribution in [0.2, 0.25) is 0 Å². The van der Waals surface area contributed by atoms with E-state index in [-0.39, 0.29) is 13.2 Å². The van der Waals surface area contributed by atoms with Crippen molar-refractivity contribution in [3.8, 4) is 0 Å². The molecule has 0 aromatic heterocycles. The standard InChI is InChI=1S/C10H22NO5PS/c1-4-15-17(12,16-5-2)10-8-6-7-9-11(10)18(3,13)14/h10H,4-9H2,1-3H3/t10-/m1/s1. The molecule has 0 spiro atoms. The van der Waals surface area contributed by atoms with Gasteiger partial charge in [0, 0.05) is 6.54 Å². The fourth-order valence-electron chi connectivity index (χ4n) is 2.16. The molecule has 1 saturated heterocycles. The van der Waals surface area contributed by atoms with E-state index in [1.54, 1.807) is 13.8 Å². The first-order valence-corrected chi connectivity index (χ1v) is 9.66. The molecule has 1 aliphatic rings. The van der Waals surface area contributed by atoms with Crippen LogP contribution in [-0.4, -0.2) is 44.5 Å². The van der Waals surface area contributed by atoms with Gasteiger partial charge in [0.1, 0.15) is 5.78 Å². The van der Waals surface area contributed by atoms with Crippen LogP contribution in [0.3, 0.4) is 0 Å². The molecule has 8 heteroatoms. The Labute approximate surface area is 109 Å². The molecular formula is C10H22NO5PS. The minimum absolute atomic E-state index is 0.241. The first-order chi connectivity index (χ1) is 8.35. The molecule has 0 aromatic carbocycles. The van der Waals surface area contributed by atoms with Gasteiger partial charge in [0.25, 0.3) is 0 Å². The number of rotatable bonds is 6. The highest BCUT2D eigenvalue weighted by Crippen LogP contribution is 2.57. The van der Waals surface area contributed by atoms with Crippen molar-refractivity contribution in [2.75, 3.05) is 26.0 Å². The van der Waals surface area contributed by atoms with E-state index in [4.69, 9.17) is 9.05 Å². The molecular weight excluding hydrogens is 277 g/mol. The molecule has 0 radical (unpaired) electrons. The molecule has 0 amide bonds. The molecule has 0 N–H and O–H groups in total. The number of hydrogen-bond donors (Lipinski definition) is 0. The van der Waals surface area contributed by atoms with Crippen LogP contribution in [0.5, 0.6) is 0 Å². The number of nitrogens with zero attached hydrogens (tertiary/aromatic N) is 1. The highest BCUT2D eigenvalue weighted by molar-refractivity contribution is 7.88. The first kappa shape index (κ1) is 16.1. The topological polar surface area (TPSA) is 72.9 Å². The predicted molar refractivity (Wildman–Crippen MR) is 70.0 cm³/mol. The Hall–Kier alpha value is 0.0600. The maximum Gasteiger partial charge on any atom is 0.348 e. The van der Waals surface area contributed by atoms with Crippen LogP contribution in [0, 0.1) is 0 Å². The lowest BCUT2D eigenvalue weighted by atomic mass is 10.2. The van der Waals surface area contributed by atoms with Gasteiger partial charge in [-0.05, 0) is 33.1 Å². The number of sulfonamides is 1. The normalized spacial score (nSPS) is 23.2. The second-order valence-corrected chi connectivity index (χ2v) is 8.35. The Kier molecular flexibility index (Phi) is 5.80. The van der Waals surface area contributed by atoms with Crippen LogP contribution in [0.15, 0.2) is 0 Å². The summed E-state index contributed by atoms with van der Waals surface area (Å²) in [5, 5.41) is 0. The predicted octanol–water partition coefficient (Wildman–Crippen LogP) is 2.02. The zero-order valence-electron chi connectivity index (χ0n) is 11.2. The van der Waals surface area contributed by atoms with E-state index in [1.165, 1.54) is 4.31 Å². The minimum atomic E-state index is -3.40. The second kappa shape index (κ2) is 6.48. The fourth-order valence-corrected chi connectivity index (χ4v) is 6.10. The van der Waals surface area contributed by atoms with Crippen LogP contribution >= 0.6 is 7.60 Å². The van der Waals surface area contributed by atoms with Crippen molar-refractivity contribution < 1.29 is 22.0 Å². The Morgan fingerprint density at radius 3 is 2.22 bits per heavy atom. The van der Waals surface area contributed by atoms with Crippen molar-refractivity contribution in [2.24, 2.45) is 0 Å². The molecule has 18 heavy (non-hydrogen) atoms. The van der Waals surface area contributed by atoms with E-state index in [2.05, 4.69) is 0 Å². The third-order valence-electron chi connectivity index (χ3n) is 2.83. The van der Waals surface area contributed by atoms with Gasteiger partial charge >= 0.3 is 7.60 Å². The first-order valence-electron chi connectivity index (χ1n) is 6.20. The van der Waals surface area contributed by atoms with E-state index < -0.39 is 23.4 Å². The summed E-state index contributed by atoms with van der Waals surface area (Å²) in [5.74, 6) is -0.679. The zero-order valence-corrected chi connectivity index (χ0v) is 12.9. The van der Waals surface area contributed by atoms with Gasteiger partial charge in [-0.15, -0.1) is 0 Å². The van der Waals surface area contributed by atoms with Gasteiger partial charge < -0.3 is 9.05 Å². The van der Waals surface area contributed by atoms with E-state index >= 15 is 0 Å². The Bertz CT molecular complexity index is 400. The maximum absolute atomic E-state index is 12.7. The van der Waals surface area contributed by atoms with Crippen LogP contribution in [0.4, 0.5) is 0 Å². The lowest BCUT2D eigenvalue weighted by molar-refractivity contribution is 0.180. The molecule has 1 aliphatic heterocycles. The largest absolute Gasteiger partial charge is 0.348 e. The number of hydrogen-bond acceptors (Lipinski definition) is 5. The van der Waals surface area contributed by atoms with Gasteiger partial charge in [-0.1, -0.05) is 0 Å². The van der Waals surface area contributed by atoms with Gasteiger partial charge in [0.05, 0.1) is 19.5 Å². The van der Waals surface area contributed by atoms with Crippen molar-refractivity contribution in [1.29, 1.82) is 0 Å². The van der Waals surface area contributed by atoms with Crippen LogP contribution < -0.4 is 0 Å². The summed E-state index contributed by atoms with van der Waals surface area (Å²) >= 11 is 0. The molecule has 1 heterocycles. The van der Waals surface area contributed by atoms with Gasteiger partial charge in [-0.25, -0.2) is 8.42 Å². The van der Waals surface area contributed by atoms with Gasteiger partial charge in [-0.3, -0.25) is 4.57 Å². The molecule has 1 atom stereocenters. The van der Waals surface area contributed by atoms with Gasteiger partial charge in [0.15, 0.2) is 0 Å². The fraction of sp³-hybridized carbons (Fsp3) is 1.00. The average Bonchev–Trinajstić information content (AvgIpc) is 2.28. The number of piperidine rings is 1. The molecule has 108 valence electrons. The van der Waals surface area contributed by atoms with Crippen LogP contribution in [-0.2, 0) is 23.6 Å². The smallest absolute Gasteiger partial charge is 0.308 e. The minimum Gasteiger partial charge on any atom is -0.308 e. The van der Waals surface area contributed by atoms with E-state index in [1.807, 2.05) is 0 Å². The Morgan fingerprint density at radius 2 is 1.78 bits per heavy atom. The summed E-state index contributed by atoms with van der Waals surface area (Å²) in [6.45, 7) is 4.31. The van der Waals surface area contributed by atoms with E-state index in [0.717, 1.165) is 19.1 Å². The molecule has 0 aromatic rings. The molecule has 1 rings (SSSR count). The summed E-state index contributed by atoms with van der Waals surface area (Å²) < 4.78 is 48.0. The SMILES string of the molecule is CCOP(=O)(OCC)[C@@H]1CCCCN1S(C)(=O)=O. The van der Waals surface area contributed by atoms with E-state index in [0.29, 0.717) is 13.0 Å². The Morgan fingerprint density at radius 1 is 1.22 bits per heavy atom. The molecule has 1 fully saturated rings. The second-order valence-electron chi connectivity index (χ2n) is 4.23.